The Labute approximate surface area is 136 Å². The van der Waals surface area contributed by atoms with Crippen LogP contribution >= 0.6 is 0 Å². The molecule has 0 aromatic carbocycles. The third-order valence-corrected chi connectivity index (χ3v) is 5.28. The first-order chi connectivity index (χ1) is 10.8. The van der Waals surface area contributed by atoms with E-state index in [9.17, 15) is 4.79 Å². The zero-order chi connectivity index (χ0) is 15.6. The summed E-state index contributed by atoms with van der Waals surface area (Å²) in [6.07, 6.45) is 13.6. The molecular weight excluding hydrogens is 276 g/mol. The number of carbonyl (C=O) groups is 1. The van der Waals surface area contributed by atoms with E-state index in [1.165, 1.54) is 38.5 Å². The molecule has 128 valence electrons. The fourth-order valence-electron chi connectivity index (χ4n) is 3.92. The lowest BCUT2D eigenvalue weighted by Crippen LogP contribution is -2.49. The van der Waals surface area contributed by atoms with Crippen molar-refractivity contribution < 1.29 is 9.53 Å². The number of unbranched alkanes of at least 4 members (excludes halogenated alkanes) is 1. The number of amides is 2. The highest BCUT2D eigenvalue weighted by molar-refractivity contribution is 5.74. The molecule has 4 nitrogen and oxygen atoms in total. The predicted octanol–water partition coefficient (Wildman–Crippen LogP) is 3.95. The summed E-state index contributed by atoms with van der Waals surface area (Å²) in [5, 5.41) is 3.38. The van der Waals surface area contributed by atoms with Gasteiger partial charge in [0, 0.05) is 32.8 Å². The number of hydrogen-bond donors (Lipinski definition) is 1. The molecule has 2 aliphatic rings. The van der Waals surface area contributed by atoms with Crippen LogP contribution in [-0.4, -0.2) is 43.8 Å². The number of ether oxygens (including phenoxy) is 1. The van der Waals surface area contributed by atoms with E-state index in [-0.39, 0.29) is 6.03 Å². The quantitative estimate of drug-likeness (QED) is 0.723. The SMILES string of the molecule is COCCCC[C@@H](NC(=O)N1CCCCC1)C1CCCCC1. The van der Waals surface area contributed by atoms with Crippen molar-refractivity contribution in [2.45, 2.75) is 76.7 Å². The topological polar surface area (TPSA) is 41.6 Å². The number of nitrogens with zero attached hydrogens (tertiary/aromatic N) is 1. The standard InChI is InChI=1S/C18H34N2O2/c1-22-15-9-6-12-17(16-10-4-2-5-11-16)19-18(21)20-13-7-3-8-14-20/h16-17H,2-15H2,1H3,(H,19,21)/t17-/m1/s1. The molecule has 4 heteroatoms. The molecule has 1 N–H and O–H groups in total. The van der Waals surface area contributed by atoms with Crippen LogP contribution in [0.2, 0.25) is 0 Å². The van der Waals surface area contributed by atoms with Crippen molar-refractivity contribution in [2.24, 2.45) is 5.92 Å². The van der Waals surface area contributed by atoms with E-state index in [0.29, 0.717) is 12.0 Å². The molecule has 1 aliphatic heterocycles. The number of methoxy groups -OCH3 is 1. The zero-order valence-electron chi connectivity index (χ0n) is 14.3. The first kappa shape index (κ1) is 17.6. The molecule has 0 bridgehead atoms. The van der Waals surface area contributed by atoms with E-state index in [4.69, 9.17) is 4.74 Å². The second-order valence-electron chi connectivity index (χ2n) is 6.99. The lowest BCUT2D eigenvalue weighted by Gasteiger charge is -2.34. The summed E-state index contributed by atoms with van der Waals surface area (Å²) in [6, 6.07) is 0.550. The monoisotopic (exact) mass is 310 g/mol. The van der Waals surface area contributed by atoms with E-state index in [2.05, 4.69) is 5.32 Å². The van der Waals surface area contributed by atoms with Gasteiger partial charge in [0.05, 0.1) is 0 Å². The maximum absolute atomic E-state index is 12.5. The highest BCUT2D eigenvalue weighted by Crippen LogP contribution is 2.28. The average molecular weight is 310 g/mol. The molecule has 2 rings (SSSR count). The maximum Gasteiger partial charge on any atom is 0.317 e. The molecular formula is C18H34N2O2. The van der Waals surface area contributed by atoms with Gasteiger partial charge in [-0.25, -0.2) is 4.79 Å². The number of piperidine rings is 1. The average Bonchev–Trinajstić information content (AvgIpc) is 2.59. The van der Waals surface area contributed by atoms with Crippen LogP contribution in [0.5, 0.6) is 0 Å². The summed E-state index contributed by atoms with van der Waals surface area (Å²) in [4.78, 5) is 14.6. The number of hydrogen-bond acceptors (Lipinski definition) is 2. The van der Waals surface area contributed by atoms with Crippen LogP contribution in [0, 0.1) is 5.92 Å². The van der Waals surface area contributed by atoms with Crippen molar-refractivity contribution in [1.82, 2.24) is 10.2 Å². The van der Waals surface area contributed by atoms with Gasteiger partial charge in [-0.3, -0.25) is 0 Å². The summed E-state index contributed by atoms with van der Waals surface area (Å²) in [5.41, 5.74) is 0. The molecule has 1 atom stereocenters. The zero-order valence-corrected chi connectivity index (χ0v) is 14.3. The van der Waals surface area contributed by atoms with E-state index in [1.54, 1.807) is 7.11 Å². The van der Waals surface area contributed by atoms with Crippen LogP contribution in [0.3, 0.4) is 0 Å². The lowest BCUT2D eigenvalue weighted by atomic mass is 9.82. The second kappa shape index (κ2) is 10.1. The van der Waals surface area contributed by atoms with Crippen molar-refractivity contribution in [3.8, 4) is 0 Å². The Morgan fingerprint density at radius 1 is 1.09 bits per heavy atom. The lowest BCUT2D eigenvalue weighted by molar-refractivity contribution is 0.166. The van der Waals surface area contributed by atoms with Crippen LogP contribution in [0.25, 0.3) is 0 Å². The van der Waals surface area contributed by atoms with Gasteiger partial charge in [0.1, 0.15) is 0 Å². The number of rotatable bonds is 7. The fraction of sp³-hybridized carbons (Fsp3) is 0.944. The van der Waals surface area contributed by atoms with Crippen molar-refractivity contribution in [3.63, 3.8) is 0 Å². The third-order valence-electron chi connectivity index (χ3n) is 5.28. The first-order valence-electron chi connectivity index (χ1n) is 9.35. The van der Waals surface area contributed by atoms with Crippen molar-refractivity contribution in [2.75, 3.05) is 26.8 Å². The Morgan fingerprint density at radius 2 is 1.77 bits per heavy atom. The summed E-state index contributed by atoms with van der Waals surface area (Å²) in [7, 11) is 1.76. The number of nitrogens with one attached hydrogen (secondary N) is 1. The molecule has 22 heavy (non-hydrogen) atoms. The Morgan fingerprint density at radius 3 is 2.45 bits per heavy atom. The minimum absolute atomic E-state index is 0.182. The van der Waals surface area contributed by atoms with Gasteiger partial charge >= 0.3 is 6.03 Å². The van der Waals surface area contributed by atoms with E-state index in [0.717, 1.165) is 51.8 Å². The van der Waals surface area contributed by atoms with Crippen LogP contribution in [0.15, 0.2) is 0 Å². The Kier molecular flexibility index (Phi) is 8.06. The van der Waals surface area contributed by atoms with Gasteiger partial charge in [-0.2, -0.15) is 0 Å². The van der Waals surface area contributed by atoms with Crippen LogP contribution in [-0.2, 0) is 4.74 Å². The van der Waals surface area contributed by atoms with Gasteiger partial charge < -0.3 is 15.0 Å². The van der Waals surface area contributed by atoms with Crippen LogP contribution < -0.4 is 5.32 Å². The Bertz CT molecular complexity index is 310. The summed E-state index contributed by atoms with van der Waals surface area (Å²) in [6.45, 7) is 2.71. The van der Waals surface area contributed by atoms with Crippen LogP contribution in [0.1, 0.15) is 70.6 Å². The number of urea groups is 1. The molecule has 1 saturated carbocycles. The van der Waals surface area contributed by atoms with Crippen molar-refractivity contribution in [1.29, 1.82) is 0 Å². The molecule has 2 fully saturated rings. The largest absolute Gasteiger partial charge is 0.385 e. The van der Waals surface area contributed by atoms with Gasteiger partial charge in [0.15, 0.2) is 0 Å². The smallest absolute Gasteiger partial charge is 0.317 e. The summed E-state index contributed by atoms with van der Waals surface area (Å²) < 4.78 is 5.15. The van der Waals surface area contributed by atoms with Crippen molar-refractivity contribution >= 4 is 6.03 Å². The summed E-state index contributed by atoms with van der Waals surface area (Å²) >= 11 is 0. The molecule has 1 saturated heterocycles. The Hall–Kier alpha value is -0.770. The molecule has 0 spiro atoms. The summed E-state index contributed by atoms with van der Waals surface area (Å²) in [5.74, 6) is 0.685. The third kappa shape index (κ3) is 5.79. The first-order valence-corrected chi connectivity index (χ1v) is 9.35. The maximum atomic E-state index is 12.5. The highest BCUT2D eigenvalue weighted by atomic mass is 16.5. The molecule has 1 heterocycles. The van der Waals surface area contributed by atoms with Gasteiger partial charge in [-0.15, -0.1) is 0 Å². The Balaban J connectivity index is 1.83. The second-order valence-corrected chi connectivity index (χ2v) is 6.99. The van der Waals surface area contributed by atoms with Gasteiger partial charge in [-0.05, 0) is 57.3 Å². The van der Waals surface area contributed by atoms with Gasteiger partial charge in [-0.1, -0.05) is 19.3 Å². The number of likely N-dealkylation sites (tertiary alicyclic amines) is 1. The van der Waals surface area contributed by atoms with Crippen LogP contribution in [0.4, 0.5) is 4.79 Å². The molecule has 0 unspecified atom stereocenters. The van der Waals surface area contributed by atoms with Gasteiger partial charge in [0.25, 0.3) is 0 Å². The van der Waals surface area contributed by atoms with E-state index < -0.39 is 0 Å². The molecule has 2 amide bonds. The van der Waals surface area contributed by atoms with Crippen molar-refractivity contribution in [3.05, 3.63) is 0 Å². The van der Waals surface area contributed by atoms with Gasteiger partial charge in [0.2, 0.25) is 0 Å². The predicted molar refractivity (Wildman–Crippen MR) is 90.0 cm³/mol. The molecule has 1 aliphatic carbocycles. The molecule has 0 aromatic heterocycles. The highest BCUT2D eigenvalue weighted by Gasteiger charge is 2.26. The molecule has 0 aromatic rings. The van der Waals surface area contributed by atoms with E-state index >= 15 is 0 Å². The number of carbonyl (C=O) groups excluding carboxylic acids is 1. The van der Waals surface area contributed by atoms with E-state index in [1.807, 2.05) is 4.90 Å². The normalized spacial score (nSPS) is 21.6. The fourth-order valence-corrected chi connectivity index (χ4v) is 3.92. The molecule has 0 radical (unpaired) electrons. The minimum Gasteiger partial charge on any atom is -0.385 e. The minimum atomic E-state index is 0.182.